The zero-order chi connectivity index (χ0) is 27.0. The van der Waals surface area contributed by atoms with E-state index in [-0.39, 0.29) is 6.10 Å². The fraction of sp³-hybridized carbons (Fsp3) is 0.333. The summed E-state index contributed by atoms with van der Waals surface area (Å²) < 4.78 is 19.4. The Hall–Kier alpha value is -3.18. The molecule has 2 atom stereocenters. The largest absolute Gasteiger partial charge is 0.493 e. The van der Waals surface area contributed by atoms with Crippen molar-refractivity contribution < 1.29 is 29.6 Å². The Morgan fingerprint density at radius 1 is 1.18 bits per heavy atom. The van der Waals surface area contributed by atoms with Crippen LogP contribution >= 0.6 is 23.4 Å². The molecule has 5 rings (SSSR count). The third kappa shape index (κ3) is 4.84. The van der Waals surface area contributed by atoms with Crippen LogP contribution in [0, 0.1) is 0 Å². The Labute approximate surface area is 230 Å². The number of aliphatic carboxylic acids is 1. The number of fused-ring (bicyclic) bond motifs is 3. The van der Waals surface area contributed by atoms with Gasteiger partial charge in [-0.05, 0) is 55.3 Å². The number of benzene rings is 2. The number of amidine groups is 1. The predicted molar refractivity (Wildman–Crippen MR) is 146 cm³/mol. The van der Waals surface area contributed by atoms with Crippen LogP contribution in [-0.2, 0) is 9.53 Å². The molecule has 0 spiro atoms. The highest BCUT2D eigenvalue weighted by atomic mass is 35.5. The maximum Gasteiger partial charge on any atom is 0.319 e. The topological polar surface area (TPSA) is 102 Å². The monoisotopic (exact) mass is 557 g/mol. The maximum absolute atomic E-state index is 11.6. The molecule has 0 aliphatic carbocycles. The van der Waals surface area contributed by atoms with E-state index in [0.717, 1.165) is 22.5 Å². The zero-order valence-corrected chi connectivity index (χ0v) is 23.1. The molecule has 3 aromatic rings. The van der Waals surface area contributed by atoms with E-state index in [0.29, 0.717) is 34.7 Å². The summed E-state index contributed by atoms with van der Waals surface area (Å²) in [5, 5.41) is 17.1. The molecule has 0 fully saturated rings. The fourth-order valence-corrected chi connectivity index (χ4v) is 5.75. The number of nitrogens with two attached hydrogens (primary N) is 1. The lowest BCUT2D eigenvalue weighted by atomic mass is 9.98. The van der Waals surface area contributed by atoms with Gasteiger partial charge in [-0.25, -0.2) is 0 Å². The third-order valence-electron chi connectivity index (χ3n) is 6.70. The van der Waals surface area contributed by atoms with Gasteiger partial charge in [-0.2, -0.15) is 5.01 Å². The summed E-state index contributed by atoms with van der Waals surface area (Å²) in [5.41, 5.74) is 5.47. The number of rotatable bonds is 8. The second kappa shape index (κ2) is 10.5. The molecule has 2 aromatic carbocycles. The number of quaternary nitrogens is 1. The Morgan fingerprint density at radius 2 is 2.00 bits per heavy atom. The van der Waals surface area contributed by atoms with Crippen LogP contribution in [0.4, 0.5) is 0 Å². The molecular formula is C27H30ClN4O5S+. The van der Waals surface area contributed by atoms with Gasteiger partial charge in [-0.3, -0.25) is 4.79 Å². The van der Waals surface area contributed by atoms with Crippen LogP contribution in [0.5, 0.6) is 11.5 Å². The first-order valence-corrected chi connectivity index (χ1v) is 13.4. The molecule has 9 nitrogen and oxygen atoms in total. The lowest BCUT2D eigenvalue weighted by Gasteiger charge is -2.31. The molecule has 38 heavy (non-hydrogen) atoms. The van der Waals surface area contributed by atoms with Gasteiger partial charge in [0, 0.05) is 28.8 Å². The number of carbonyl (C=O) groups is 1. The highest BCUT2D eigenvalue weighted by molar-refractivity contribution is 8.15. The molecule has 1 aromatic heterocycles. The molecule has 0 bridgehead atoms. The number of halogens is 1. The Morgan fingerprint density at radius 3 is 2.68 bits per heavy atom. The first kappa shape index (κ1) is 26.4. The van der Waals surface area contributed by atoms with Crippen molar-refractivity contribution in [1.82, 2.24) is 9.58 Å². The van der Waals surface area contributed by atoms with Crippen LogP contribution in [0.3, 0.4) is 0 Å². The smallest absolute Gasteiger partial charge is 0.319 e. The van der Waals surface area contributed by atoms with E-state index in [2.05, 4.69) is 15.7 Å². The number of methoxy groups -OCH3 is 2. The van der Waals surface area contributed by atoms with Gasteiger partial charge in [0.2, 0.25) is 0 Å². The molecule has 1 unspecified atom stereocenters. The van der Waals surface area contributed by atoms with E-state index in [9.17, 15) is 9.90 Å². The number of thioether (sulfide) groups is 1. The minimum absolute atomic E-state index is 0.287. The first-order chi connectivity index (χ1) is 18.2. The van der Waals surface area contributed by atoms with Crippen molar-refractivity contribution in [2.24, 2.45) is 5.10 Å². The molecule has 0 amide bonds. The highest BCUT2D eigenvalue weighted by Crippen LogP contribution is 2.46. The molecule has 200 valence electrons. The lowest BCUT2D eigenvalue weighted by molar-refractivity contribution is -0.815. The normalized spacial score (nSPS) is 18.6. The summed E-state index contributed by atoms with van der Waals surface area (Å²) in [6.07, 6.45) is 1.90. The van der Waals surface area contributed by atoms with Gasteiger partial charge >= 0.3 is 5.97 Å². The maximum atomic E-state index is 11.6. The zero-order valence-electron chi connectivity index (χ0n) is 21.6. The second-order valence-corrected chi connectivity index (χ2v) is 11.5. The number of aromatic nitrogens is 1. The van der Waals surface area contributed by atoms with E-state index >= 15 is 0 Å². The molecule has 3 N–H and O–H groups in total. The number of hydrogen-bond donors (Lipinski definition) is 2. The van der Waals surface area contributed by atoms with Crippen LogP contribution in [0.2, 0.25) is 5.02 Å². The molecule has 0 saturated heterocycles. The number of nitrogens with zero attached hydrogens (tertiary/aromatic N) is 3. The number of carboxylic acids is 1. The summed E-state index contributed by atoms with van der Waals surface area (Å²) in [6, 6.07) is 15.6. The van der Waals surface area contributed by atoms with Crippen molar-refractivity contribution >= 4 is 34.5 Å². The quantitative estimate of drug-likeness (QED) is 0.397. The van der Waals surface area contributed by atoms with Crippen molar-refractivity contribution in [3.63, 3.8) is 0 Å². The summed E-state index contributed by atoms with van der Waals surface area (Å²) >= 11 is 7.72. The van der Waals surface area contributed by atoms with E-state index in [1.54, 1.807) is 33.6 Å². The van der Waals surface area contributed by atoms with Gasteiger partial charge in [0.15, 0.2) is 11.5 Å². The number of para-hydroxylation sites is 1. The number of carboxylic acid groups (broad SMARTS) is 1. The van der Waals surface area contributed by atoms with Gasteiger partial charge in [0.05, 0.1) is 32.1 Å². The SMILES string of the molecule is COc1cccc([C@H]2OC(CCN3[NH2+]N=C3SC(C)(C)C(=O)O)c3cccn3-c3ccc(Cl)cc32)c1OC. The van der Waals surface area contributed by atoms with Crippen LogP contribution in [-0.4, -0.2) is 51.3 Å². The Kier molecular flexibility index (Phi) is 7.32. The Bertz CT molecular complexity index is 1390. The van der Waals surface area contributed by atoms with E-state index in [1.807, 2.05) is 53.7 Å². The average Bonchev–Trinajstić information content (AvgIpc) is 3.33. The third-order valence-corrected chi connectivity index (χ3v) is 8.15. The van der Waals surface area contributed by atoms with Gasteiger partial charge in [-0.15, -0.1) is 5.53 Å². The fourth-order valence-electron chi connectivity index (χ4n) is 4.67. The standard InChI is InChI=1S/C27H29ClN4O5S/c1-27(2,25(33)34)38-26-29-30-32(26)14-12-21-20-8-6-13-31(20)19-11-10-16(28)15-18(19)23(37-21)17-7-5-9-22(35-3)24(17)36-4/h5-11,13,15,21,23,30H,12,14H2,1-4H3,(H,33,34)/p+1/t21?,23-/m1/s1. The lowest BCUT2D eigenvalue weighted by Crippen LogP contribution is -2.97. The van der Waals surface area contributed by atoms with E-state index < -0.39 is 16.8 Å². The first-order valence-electron chi connectivity index (χ1n) is 12.2. The molecule has 2 aliphatic heterocycles. The minimum atomic E-state index is -0.978. The van der Waals surface area contributed by atoms with Crippen molar-refractivity contribution in [2.75, 3.05) is 20.8 Å². The van der Waals surface area contributed by atoms with Crippen molar-refractivity contribution in [3.05, 3.63) is 76.6 Å². The molecule has 0 saturated carbocycles. The van der Waals surface area contributed by atoms with Crippen molar-refractivity contribution in [1.29, 1.82) is 0 Å². The van der Waals surface area contributed by atoms with E-state index in [4.69, 9.17) is 25.8 Å². The molecular weight excluding hydrogens is 528 g/mol. The molecule has 2 aliphatic rings. The molecule has 0 radical (unpaired) electrons. The predicted octanol–water partition coefficient (Wildman–Crippen LogP) is 4.36. The van der Waals surface area contributed by atoms with Gasteiger partial charge in [0.1, 0.15) is 17.0 Å². The molecule has 3 heterocycles. The summed E-state index contributed by atoms with van der Waals surface area (Å²) in [6.45, 7) is 3.96. The van der Waals surface area contributed by atoms with Crippen LogP contribution < -0.4 is 15.0 Å². The van der Waals surface area contributed by atoms with Crippen molar-refractivity contribution in [3.8, 4) is 17.2 Å². The van der Waals surface area contributed by atoms with Gasteiger partial charge < -0.3 is 23.9 Å². The number of hydrogen-bond acceptors (Lipinski definition) is 7. The second-order valence-electron chi connectivity index (χ2n) is 9.52. The van der Waals surface area contributed by atoms with Gasteiger partial charge in [0.25, 0.3) is 5.17 Å². The van der Waals surface area contributed by atoms with Crippen LogP contribution in [0.15, 0.2) is 59.8 Å². The summed E-state index contributed by atoms with van der Waals surface area (Å²) in [5.74, 6) is 0.342. The average molecular weight is 558 g/mol. The van der Waals surface area contributed by atoms with Gasteiger partial charge in [-0.1, -0.05) is 35.5 Å². The highest BCUT2D eigenvalue weighted by Gasteiger charge is 2.39. The summed E-state index contributed by atoms with van der Waals surface area (Å²) in [7, 11) is 3.23. The molecule has 11 heteroatoms. The van der Waals surface area contributed by atoms with Crippen molar-refractivity contribution in [2.45, 2.75) is 37.2 Å². The summed E-state index contributed by atoms with van der Waals surface area (Å²) in [4.78, 5) is 11.6. The minimum Gasteiger partial charge on any atom is -0.493 e. The Balaban J connectivity index is 1.48. The van der Waals surface area contributed by atoms with Crippen LogP contribution in [0.25, 0.3) is 5.69 Å². The van der Waals surface area contributed by atoms with E-state index in [1.165, 1.54) is 11.8 Å². The number of ether oxygens (including phenoxy) is 3. The van der Waals surface area contributed by atoms with Crippen LogP contribution in [0.1, 0.15) is 49.3 Å².